The predicted octanol–water partition coefficient (Wildman–Crippen LogP) is 4.95. The maximum atomic E-state index is 13.9. The summed E-state index contributed by atoms with van der Waals surface area (Å²) in [4.78, 5) is 25.1. The highest BCUT2D eigenvalue weighted by Gasteiger charge is 2.21. The molecule has 1 aromatic heterocycles. The lowest BCUT2D eigenvalue weighted by Gasteiger charge is -2.16. The average molecular weight is 482 g/mol. The Hall–Kier alpha value is -3.46. The highest BCUT2D eigenvalue weighted by Crippen LogP contribution is 2.25. The van der Waals surface area contributed by atoms with Gasteiger partial charge in [-0.05, 0) is 36.6 Å². The zero-order valence-corrected chi connectivity index (χ0v) is 20.2. The van der Waals surface area contributed by atoms with E-state index in [2.05, 4.69) is 41.3 Å². The molecule has 0 unspecified atom stereocenters. The van der Waals surface area contributed by atoms with E-state index in [1.807, 2.05) is 24.3 Å². The summed E-state index contributed by atoms with van der Waals surface area (Å²) in [6.45, 7) is 10.1. The van der Waals surface area contributed by atoms with Gasteiger partial charge in [0, 0.05) is 12.2 Å². The minimum absolute atomic E-state index is 0.0444. The number of hydrogen-bond acceptors (Lipinski definition) is 5. The SMILES string of the molecule is C=CCn1c(SCC(=O)Nc2ccccc2C(C)C)nnc1[C@@H](C)NC(=O)c1ccccc1F. The summed E-state index contributed by atoms with van der Waals surface area (Å²) >= 11 is 1.24. The summed E-state index contributed by atoms with van der Waals surface area (Å²) in [6.07, 6.45) is 1.68. The van der Waals surface area contributed by atoms with Crippen LogP contribution in [-0.4, -0.2) is 32.3 Å². The van der Waals surface area contributed by atoms with E-state index in [1.54, 1.807) is 23.6 Å². The van der Waals surface area contributed by atoms with Crippen molar-refractivity contribution in [2.45, 2.75) is 44.4 Å². The van der Waals surface area contributed by atoms with Crippen molar-refractivity contribution in [1.29, 1.82) is 0 Å². The van der Waals surface area contributed by atoms with Crippen LogP contribution in [0.15, 0.2) is 66.3 Å². The Bertz CT molecular complexity index is 1180. The smallest absolute Gasteiger partial charge is 0.254 e. The number of carbonyl (C=O) groups is 2. The van der Waals surface area contributed by atoms with Gasteiger partial charge in [-0.25, -0.2) is 4.39 Å². The van der Waals surface area contributed by atoms with E-state index < -0.39 is 17.8 Å². The predicted molar refractivity (Wildman–Crippen MR) is 132 cm³/mol. The first-order chi connectivity index (χ1) is 16.3. The number of rotatable bonds is 10. The lowest BCUT2D eigenvalue weighted by Crippen LogP contribution is -2.29. The number of nitrogens with one attached hydrogen (secondary N) is 2. The fourth-order valence-electron chi connectivity index (χ4n) is 3.44. The Morgan fingerprint density at radius 3 is 2.53 bits per heavy atom. The van der Waals surface area contributed by atoms with Crippen LogP contribution in [0.3, 0.4) is 0 Å². The standard InChI is InChI=1S/C25H28FN5O2S/c1-5-14-31-23(17(4)27-24(33)19-11-6-8-12-20(19)26)29-30-25(31)34-15-22(32)28-21-13-9-7-10-18(21)16(2)3/h5-13,16-17H,1,14-15H2,2-4H3,(H,27,33)(H,28,32)/t17-/m1/s1. The molecule has 0 aliphatic heterocycles. The number of allylic oxidation sites excluding steroid dienone is 1. The zero-order valence-electron chi connectivity index (χ0n) is 19.4. The van der Waals surface area contributed by atoms with Gasteiger partial charge in [0.05, 0.1) is 17.4 Å². The van der Waals surface area contributed by atoms with E-state index in [1.165, 1.54) is 30.0 Å². The molecular formula is C25H28FN5O2S. The molecule has 7 nitrogen and oxygen atoms in total. The highest BCUT2D eigenvalue weighted by molar-refractivity contribution is 7.99. The molecule has 34 heavy (non-hydrogen) atoms. The molecule has 2 amide bonds. The quantitative estimate of drug-likeness (QED) is 0.316. The topological polar surface area (TPSA) is 88.9 Å². The second kappa shape index (κ2) is 11.6. The van der Waals surface area contributed by atoms with Crippen LogP contribution in [0, 0.1) is 5.82 Å². The number of halogens is 1. The molecule has 0 bridgehead atoms. The van der Waals surface area contributed by atoms with Gasteiger partial charge in [0.25, 0.3) is 5.91 Å². The van der Waals surface area contributed by atoms with Crippen molar-refractivity contribution in [2.75, 3.05) is 11.1 Å². The third-order valence-corrected chi connectivity index (χ3v) is 6.07. The number of hydrogen-bond donors (Lipinski definition) is 2. The number of nitrogens with zero attached hydrogens (tertiary/aromatic N) is 3. The molecule has 0 saturated carbocycles. The minimum atomic E-state index is -0.596. The molecule has 178 valence electrons. The van der Waals surface area contributed by atoms with Crippen molar-refractivity contribution in [2.24, 2.45) is 0 Å². The summed E-state index contributed by atoms with van der Waals surface area (Å²) in [5, 5.41) is 14.6. The van der Waals surface area contributed by atoms with Gasteiger partial charge in [-0.3, -0.25) is 9.59 Å². The molecule has 3 rings (SSSR count). The summed E-state index contributed by atoms with van der Waals surface area (Å²) < 4.78 is 15.7. The Morgan fingerprint density at radius 2 is 1.82 bits per heavy atom. The fourth-order valence-corrected chi connectivity index (χ4v) is 4.20. The Labute approximate surface area is 202 Å². The van der Waals surface area contributed by atoms with Crippen LogP contribution in [0.1, 0.15) is 54.5 Å². The Morgan fingerprint density at radius 1 is 1.12 bits per heavy atom. The fraction of sp³-hybridized carbons (Fsp3) is 0.280. The van der Waals surface area contributed by atoms with E-state index in [-0.39, 0.29) is 23.1 Å². The van der Waals surface area contributed by atoms with Crippen LogP contribution in [0.25, 0.3) is 0 Å². The molecule has 0 aliphatic rings. The van der Waals surface area contributed by atoms with Gasteiger partial charge in [-0.1, -0.05) is 62.0 Å². The molecule has 3 aromatic rings. The maximum Gasteiger partial charge on any atom is 0.254 e. The maximum absolute atomic E-state index is 13.9. The molecule has 0 saturated heterocycles. The highest BCUT2D eigenvalue weighted by atomic mass is 32.2. The van der Waals surface area contributed by atoms with E-state index in [0.717, 1.165) is 11.3 Å². The number of para-hydroxylation sites is 1. The Balaban J connectivity index is 1.69. The van der Waals surface area contributed by atoms with Gasteiger partial charge in [0.2, 0.25) is 5.91 Å². The van der Waals surface area contributed by atoms with E-state index in [0.29, 0.717) is 17.5 Å². The van der Waals surface area contributed by atoms with Crippen molar-refractivity contribution in [3.63, 3.8) is 0 Å². The monoisotopic (exact) mass is 481 g/mol. The summed E-state index contributed by atoms with van der Waals surface area (Å²) in [6, 6.07) is 13.0. The molecule has 0 aliphatic carbocycles. The first-order valence-corrected chi connectivity index (χ1v) is 11.9. The molecule has 0 spiro atoms. The van der Waals surface area contributed by atoms with Crippen molar-refractivity contribution in [3.8, 4) is 0 Å². The molecule has 0 fully saturated rings. The molecule has 2 N–H and O–H groups in total. The second-order valence-corrected chi connectivity index (χ2v) is 8.94. The van der Waals surface area contributed by atoms with Crippen LogP contribution in [-0.2, 0) is 11.3 Å². The number of carbonyl (C=O) groups excluding carboxylic acids is 2. The Kier molecular flexibility index (Phi) is 8.59. The number of thioether (sulfide) groups is 1. The zero-order chi connectivity index (χ0) is 24.7. The molecule has 9 heteroatoms. The van der Waals surface area contributed by atoms with Gasteiger partial charge >= 0.3 is 0 Å². The summed E-state index contributed by atoms with van der Waals surface area (Å²) in [7, 11) is 0. The third-order valence-electron chi connectivity index (χ3n) is 5.10. The molecule has 1 atom stereocenters. The molecule has 2 aromatic carbocycles. The van der Waals surface area contributed by atoms with Crippen molar-refractivity contribution < 1.29 is 14.0 Å². The van der Waals surface area contributed by atoms with Gasteiger partial charge in [-0.2, -0.15) is 0 Å². The van der Waals surface area contributed by atoms with Crippen LogP contribution >= 0.6 is 11.8 Å². The molecule has 0 radical (unpaired) electrons. The number of aromatic nitrogens is 3. The molecule has 1 heterocycles. The first kappa shape index (κ1) is 25.2. The normalized spacial score (nSPS) is 11.8. The van der Waals surface area contributed by atoms with Crippen molar-refractivity contribution in [1.82, 2.24) is 20.1 Å². The van der Waals surface area contributed by atoms with Gasteiger partial charge in [0.15, 0.2) is 11.0 Å². The van der Waals surface area contributed by atoms with Gasteiger partial charge in [-0.15, -0.1) is 16.8 Å². The van der Waals surface area contributed by atoms with Crippen LogP contribution < -0.4 is 10.6 Å². The van der Waals surface area contributed by atoms with E-state index in [4.69, 9.17) is 0 Å². The summed E-state index contributed by atoms with van der Waals surface area (Å²) in [5.41, 5.74) is 1.82. The number of benzene rings is 2. The van der Waals surface area contributed by atoms with E-state index in [9.17, 15) is 14.0 Å². The largest absolute Gasteiger partial charge is 0.342 e. The third kappa shape index (κ3) is 6.11. The van der Waals surface area contributed by atoms with Gasteiger partial charge in [0.1, 0.15) is 5.82 Å². The lowest BCUT2D eigenvalue weighted by atomic mass is 10.0. The average Bonchev–Trinajstić information content (AvgIpc) is 3.21. The van der Waals surface area contributed by atoms with Gasteiger partial charge < -0.3 is 15.2 Å². The lowest BCUT2D eigenvalue weighted by molar-refractivity contribution is -0.113. The van der Waals surface area contributed by atoms with Crippen LogP contribution in [0.2, 0.25) is 0 Å². The summed E-state index contributed by atoms with van der Waals surface area (Å²) in [5.74, 6) is -0.399. The second-order valence-electron chi connectivity index (χ2n) is 7.99. The number of amides is 2. The molecular weight excluding hydrogens is 453 g/mol. The van der Waals surface area contributed by atoms with Crippen LogP contribution in [0.5, 0.6) is 0 Å². The van der Waals surface area contributed by atoms with E-state index >= 15 is 0 Å². The first-order valence-electron chi connectivity index (χ1n) is 10.9. The van der Waals surface area contributed by atoms with Crippen LogP contribution in [0.4, 0.5) is 10.1 Å². The number of anilines is 1. The van der Waals surface area contributed by atoms with Crippen molar-refractivity contribution in [3.05, 3.63) is 84.0 Å². The van der Waals surface area contributed by atoms with Crippen molar-refractivity contribution >= 4 is 29.3 Å². The minimum Gasteiger partial charge on any atom is -0.342 e.